The number of anilines is 3. The molecule has 68 heavy (non-hydrogen) atoms. The van der Waals surface area contributed by atoms with Gasteiger partial charge < -0.3 is 13.8 Å². The van der Waals surface area contributed by atoms with Crippen LogP contribution in [0.4, 0.5) is 17.1 Å². The van der Waals surface area contributed by atoms with E-state index in [1.165, 1.54) is 126 Å². The van der Waals surface area contributed by atoms with Crippen LogP contribution in [0.15, 0.2) is 180 Å². The molecule has 0 unspecified atom stereocenters. The summed E-state index contributed by atoms with van der Waals surface area (Å²) in [4.78, 5) is 2.61. The maximum atomic E-state index is 7.04. The molecule has 13 aromatic rings. The molecule has 322 valence electrons. The van der Waals surface area contributed by atoms with E-state index in [9.17, 15) is 0 Å². The predicted molar refractivity (Wildman–Crippen MR) is 292 cm³/mol. The van der Waals surface area contributed by atoms with Gasteiger partial charge in [0.2, 0.25) is 0 Å². The minimum absolute atomic E-state index is 0.0823. The Morgan fingerprint density at radius 2 is 0.985 bits per heavy atom. The van der Waals surface area contributed by atoms with Crippen molar-refractivity contribution in [1.82, 2.24) is 4.48 Å². The van der Waals surface area contributed by atoms with E-state index >= 15 is 0 Å². The van der Waals surface area contributed by atoms with Gasteiger partial charge in [0.1, 0.15) is 11.2 Å². The van der Waals surface area contributed by atoms with Gasteiger partial charge in [0.25, 0.3) is 0 Å². The molecule has 0 saturated heterocycles. The quantitative estimate of drug-likeness (QED) is 0.0931. The molecule has 0 saturated carbocycles. The van der Waals surface area contributed by atoms with Crippen LogP contribution in [-0.4, -0.2) is 11.3 Å². The first kappa shape index (κ1) is 38.3. The second-order valence-electron chi connectivity index (χ2n) is 21.7. The predicted octanol–water partition coefficient (Wildman–Crippen LogP) is 16.5. The van der Waals surface area contributed by atoms with E-state index in [0.29, 0.717) is 0 Å². The van der Waals surface area contributed by atoms with Crippen LogP contribution >= 0.6 is 0 Å². The topological polar surface area (TPSA) is 21.3 Å². The fraction of sp³-hybridized carbons (Fsp3) is 0.125. The van der Waals surface area contributed by atoms with Crippen molar-refractivity contribution in [3.8, 4) is 11.1 Å². The Morgan fingerprint density at radius 1 is 0.426 bits per heavy atom. The van der Waals surface area contributed by atoms with E-state index < -0.39 is 0 Å². The van der Waals surface area contributed by atoms with Gasteiger partial charge >= 0.3 is 6.85 Å². The van der Waals surface area contributed by atoms with Gasteiger partial charge in [-0.1, -0.05) is 163 Å². The van der Waals surface area contributed by atoms with Gasteiger partial charge in [0, 0.05) is 61.3 Å². The molecule has 2 aliphatic heterocycles. The number of nitrogens with zero attached hydrogens (tertiary/aromatic N) is 2. The molecule has 0 bridgehead atoms. The molecule has 2 aliphatic rings. The van der Waals surface area contributed by atoms with Crippen molar-refractivity contribution >= 4 is 132 Å². The summed E-state index contributed by atoms with van der Waals surface area (Å²) in [6.07, 6.45) is 0. The van der Waals surface area contributed by atoms with E-state index in [1.807, 2.05) is 0 Å². The zero-order chi connectivity index (χ0) is 45.5. The maximum Gasteiger partial charge on any atom is 0.333 e. The zero-order valence-electron chi connectivity index (χ0n) is 39.1. The van der Waals surface area contributed by atoms with Gasteiger partial charge in [0.15, 0.2) is 0 Å². The average molecular weight is 871 g/mol. The molecular weight excluding hydrogens is 824 g/mol. The number of hydrogen-bond acceptors (Lipinski definition) is 2. The van der Waals surface area contributed by atoms with E-state index in [1.54, 1.807) is 0 Å². The fourth-order valence-electron chi connectivity index (χ4n) is 12.5. The molecule has 0 amide bonds. The Balaban J connectivity index is 1.17. The first-order valence-corrected chi connectivity index (χ1v) is 24.2. The van der Waals surface area contributed by atoms with Crippen molar-refractivity contribution in [1.29, 1.82) is 0 Å². The molecule has 0 spiro atoms. The third-order valence-corrected chi connectivity index (χ3v) is 15.7. The van der Waals surface area contributed by atoms with Gasteiger partial charge in [0.05, 0.1) is 0 Å². The van der Waals surface area contributed by atoms with Gasteiger partial charge in [-0.25, -0.2) is 0 Å². The molecule has 0 N–H and O–H groups in total. The number of benzene rings is 11. The van der Waals surface area contributed by atoms with E-state index in [4.69, 9.17) is 4.42 Å². The molecule has 11 aromatic carbocycles. The van der Waals surface area contributed by atoms with E-state index in [2.05, 4.69) is 227 Å². The average Bonchev–Trinajstić information content (AvgIpc) is 3.90. The summed E-state index contributed by atoms with van der Waals surface area (Å²) in [5.74, 6) is 0. The second kappa shape index (κ2) is 13.0. The van der Waals surface area contributed by atoms with Crippen molar-refractivity contribution in [3.05, 3.63) is 187 Å². The van der Waals surface area contributed by atoms with Crippen molar-refractivity contribution in [3.63, 3.8) is 0 Å². The zero-order valence-corrected chi connectivity index (χ0v) is 39.1. The van der Waals surface area contributed by atoms with Crippen molar-refractivity contribution in [2.45, 2.75) is 52.4 Å². The number of furan rings is 1. The lowest BCUT2D eigenvalue weighted by Crippen LogP contribution is -2.56. The van der Waals surface area contributed by atoms with Crippen LogP contribution < -0.4 is 15.8 Å². The Morgan fingerprint density at radius 3 is 1.65 bits per heavy atom. The smallest absolute Gasteiger partial charge is 0.333 e. The van der Waals surface area contributed by atoms with Crippen LogP contribution in [0.5, 0.6) is 0 Å². The Bertz CT molecular complexity index is 4390. The van der Waals surface area contributed by atoms with Gasteiger partial charge in [-0.15, -0.1) is 0 Å². The number of fused-ring (bicyclic) bond motifs is 20. The summed E-state index contributed by atoms with van der Waals surface area (Å²) in [6, 6.07) is 66.9. The SMILES string of the molecule is CC(C)(C)c1cc(N2c3cc4cc5c6ccccc6c6ccccc6c5cc4cc3B3c4c2cc2oc5ccccc5c2c4-c2cc4ccccc4c4c5ccccc5n3c24)cc(C(C)(C)C)c1. The largest absolute Gasteiger partial charge is 0.456 e. The lowest BCUT2D eigenvalue weighted by molar-refractivity contribution is 0.569. The van der Waals surface area contributed by atoms with Gasteiger partial charge in [-0.2, -0.15) is 0 Å². The third-order valence-electron chi connectivity index (χ3n) is 15.7. The molecule has 2 aromatic heterocycles. The lowest BCUT2D eigenvalue weighted by Gasteiger charge is -2.41. The summed E-state index contributed by atoms with van der Waals surface area (Å²) < 4.78 is 9.75. The summed E-state index contributed by atoms with van der Waals surface area (Å²) in [5, 5.41) is 17.6. The Hall–Kier alpha value is -7.82. The Labute approximate surface area is 394 Å². The number of aromatic nitrogens is 1. The molecule has 0 atom stereocenters. The van der Waals surface area contributed by atoms with E-state index in [-0.39, 0.29) is 17.7 Å². The first-order valence-electron chi connectivity index (χ1n) is 24.2. The van der Waals surface area contributed by atoms with Crippen molar-refractivity contribution in [2.24, 2.45) is 0 Å². The minimum atomic E-state index is -0.137. The molecule has 4 heterocycles. The molecule has 3 nitrogen and oxygen atoms in total. The number of para-hydroxylation sites is 2. The van der Waals surface area contributed by atoms with Crippen molar-refractivity contribution < 1.29 is 4.42 Å². The van der Waals surface area contributed by atoms with Gasteiger partial charge in [-0.3, -0.25) is 0 Å². The Kier molecular flexibility index (Phi) is 7.32. The van der Waals surface area contributed by atoms with Crippen LogP contribution in [0.2, 0.25) is 0 Å². The molecule has 0 aliphatic carbocycles. The first-order chi connectivity index (χ1) is 33.0. The lowest BCUT2D eigenvalue weighted by atomic mass is 9.44. The van der Waals surface area contributed by atoms with Crippen LogP contribution in [0.25, 0.3) is 109 Å². The highest BCUT2D eigenvalue weighted by Crippen LogP contribution is 2.52. The highest BCUT2D eigenvalue weighted by molar-refractivity contribution is 6.90. The highest BCUT2D eigenvalue weighted by atomic mass is 16.3. The molecule has 15 rings (SSSR count). The van der Waals surface area contributed by atoms with Crippen molar-refractivity contribution in [2.75, 3.05) is 4.90 Å². The normalized spacial score (nSPS) is 13.7. The third kappa shape index (κ3) is 4.99. The summed E-state index contributed by atoms with van der Waals surface area (Å²) in [5.41, 5.74) is 15.5. The van der Waals surface area contributed by atoms with E-state index in [0.717, 1.165) is 22.2 Å². The minimum Gasteiger partial charge on any atom is -0.456 e. The van der Waals surface area contributed by atoms with Crippen LogP contribution in [0, 0.1) is 0 Å². The number of hydrogen-bond donors (Lipinski definition) is 0. The fourth-order valence-corrected chi connectivity index (χ4v) is 12.5. The summed E-state index contributed by atoms with van der Waals surface area (Å²) >= 11 is 0. The molecule has 0 radical (unpaired) electrons. The second-order valence-corrected chi connectivity index (χ2v) is 21.7. The monoisotopic (exact) mass is 870 g/mol. The summed E-state index contributed by atoms with van der Waals surface area (Å²) in [7, 11) is 0. The van der Waals surface area contributed by atoms with Crippen LogP contribution in [0.3, 0.4) is 0 Å². The molecule has 0 fully saturated rings. The number of rotatable bonds is 1. The van der Waals surface area contributed by atoms with Gasteiger partial charge in [-0.05, 0) is 141 Å². The highest BCUT2D eigenvalue weighted by Gasteiger charge is 2.45. The molecule has 4 heteroatoms. The standard InChI is InChI=1S/C64H47BN2O/c1-63(2,3)39-32-40(64(4,5)6)34-41(33-39)66-54-31-38-29-50-46-22-12-10-20-44(46)43-19-9-11-21-45(43)49(50)28-37(38)30-52(54)65-61-55(66)35-57-59(48-24-14-16-26-56(48)68-57)60(61)51-27-36-17-7-8-18-42(36)58-47-23-13-15-25-53(47)67(65)62(51)58/h7-35H,1-6H3. The molecular formula is C64H47BN2O. The summed E-state index contributed by atoms with van der Waals surface area (Å²) in [6.45, 7) is 13.9. The maximum absolute atomic E-state index is 7.04. The van der Waals surface area contributed by atoms with Crippen LogP contribution in [0.1, 0.15) is 52.7 Å². The van der Waals surface area contributed by atoms with Crippen LogP contribution in [-0.2, 0) is 10.8 Å².